The van der Waals surface area contributed by atoms with Crippen LogP contribution in [0, 0.1) is 11.8 Å². The number of hydrogen-bond donors (Lipinski definition) is 0. The van der Waals surface area contributed by atoms with Gasteiger partial charge in [-0.25, -0.2) is 0 Å². The van der Waals surface area contributed by atoms with E-state index in [1.807, 2.05) is 0 Å². The minimum absolute atomic E-state index is 0.0240. The maximum atomic E-state index is 12.0. The molecule has 0 aromatic carbocycles. The SMILES string of the molecule is CCC/C=C\C/C=C\C/C=C\C/C=C\C/C=C/CCCC(=O)OC(C(C)C)C(C)C. The molecule has 2 nitrogen and oxygen atoms in total. The molecular weight excluding hydrogens is 368 g/mol. The van der Waals surface area contributed by atoms with E-state index in [-0.39, 0.29) is 12.1 Å². The van der Waals surface area contributed by atoms with E-state index in [0.29, 0.717) is 18.3 Å². The molecule has 0 N–H and O–H groups in total. The van der Waals surface area contributed by atoms with Crippen molar-refractivity contribution < 1.29 is 9.53 Å². The molecule has 0 aliphatic heterocycles. The number of carbonyl (C=O) groups excluding carboxylic acids is 1. The van der Waals surface area contributed by atoms with Crippen LogP contribution in [0.3, 0.4) is 0 Å². The second kappa shape index (κ2) is 20.4. The summed E-state index contributed by atoms with van der Waals surface area (Å²) in [4.78, 5) is 12.0. The van der Waals surface area contributed by atoms with Gasteiger partial charge in [0.15, 0.2) is 0 Å². The molecule has 0 radical (unpaired) electrons. The number of ether oxygens (including phenoxy) is 1. The van der Waals surface area contributed by atoms with Gasteiger partial charge in [-0.05, 0) is 56.8 Å². The Labute approximate surface area is 186 Å². The summed E-state index contributed by atoms with van der Waals surface area (Å²) in [5.41, 5.74) is 0. The van der Waals surface area contributed by atoms with Crippen LogP contribution in [-0.4, -0.2) is 12.1 Å². The lowest BCUT2D eigenvalue weighted by Gasteiger charge is -2.24. The lowest BCUT2D eigenvalue weighted by Crippen LogP contribution is -2.28. The molecule has 0 heterocycles. The first-order chi connectivity index (χ1) is 14.5. The summed E-state index contributed by atoms with van der Waals surface area (Å²) in [7, 11) is 0. The highest BCUT2D eigenvalue weighted by Gasteiger charge is 2.21. The number of hydrogen-bond acceptors (Lipinski definition) is 2. The summed E-state index contributed by atoms with van der Waals surface area (Å²) < 4.78 is 5.62. The van der Waals surface area contributed by atoms with Crippen LogP contribution in [0.1, 0.15) is 92.4 Å². The largest absolute Gasteiger partial charge is 0.462 e. The second-order valence-corrected chi connectivity index (χ2v) is 8.42. The first kappa shape index (κ1) is 28.2. The summed E-state index contributed by atoms with van der Waals surface area (Å²) in [6, 6.07) is 0. The Morgan fingerprint density at radius 3 is 1.47 bits per heavy atom. The second-order valence-electron chi connectivity index (χ2n) is 8.42. The number of esters is 1. The predicted molar refractivity (Wildman–Crippen MR) is 132 cm³/mol. The van der Waals surface area contributed by atoms with Crippen molar-refractivity contribution in [3.8, 4) is 0 Å². The summed E-state index contributed by atoms with van der Waals surface area (Å²) in [6.45, 7) is 10.6. The number of unbranched alkanes of at least 4 members (excludes halogenated alkanes) is 2. The smallest absolute Gasteiger partial charge is 0.306 e. The average molecular weight is 415 g/mol. The van der Waals surface area contributed by atoms with Gasteiger partial charge in [-0.15, -0.1) is 0 Å². The van der Waals surface area contributed by atoms with Crippen molar-refractivity contribution in [3.63, 3.8) is 0 Å². The lowest BCUT2D eigenvalue weighted by molar-refractivity contribution is -0.154. The first-order valence-electron chi connectivity index (χ1n) is 11.9. The normalized spacial score (nSPS) is 13.1. The molecule has 0 unspecified atom stereocenters. The van der Waals surface area contributed by atoms with Gasteiger partial charge in [0, 0.05) is 6.42 Å². The summed E-state index contributed by atoms with van der Waals surface area (Å²) in [5.74, 6) is 0.666. The van der Waals surface area contributed by atoms with Crippen LogP contribution in [0.25, 0.3) is 0 Å². The summed E-state index contributed by atoms with van der Waals surface area (Å²) >= 11 is 0. The molecule has 0 bridgehead atoms. The topological polar surface area (TPSA) is 26.3 Å². The van der Waals surface area contributed by atoms with Crippen LogP contribution in [0.4, 0.5) is 0 Å². The fraction of sp³-hybridized carbons (Fsp3) is 0.607. The van der Waals surface area contributed by atoms with Gasteiger partial charge in [-0.3, -0.25) is 4.79 Å². The van der Waals surface area contributed by atoms with E-state index in [0.717, 1.165) is 38.5 Å². The van der Waals surface area contributed by atoms with Crippen molar-refractivity contribution in [1.82, 2.24) is 0 Å². The van der Waals surface area contributed by atoms with Crippen LogP contribution in [0.5, 0.6) is 0 Å². The van der Waals surface area contributed by atoms with E-state index < -0.39 is 0 Å². The van der Waals surface area contributed by atoms with E-state index in [1.165, 1.54) is 12.8 Å². The Morgan fingerprint density at radius 1 is 0.667 bits per heavy atom. The highest BCUT2D eigenvalue weighted by Crippen LogP contribution is 2.17. The van der Waals surface area contributed by atoms with Crippen molar-refractivity contribution in [1.29, 1.82) is 0 Å². The Kier molecular flexibility index (Phi) is 19.2. The van der Waals surface area contributed by atoms with Crippen molar-refractivity contribution >= 4 is 5.97 Å². The van der Waals surface area contributed by atoms with Crippen molar-refractivity contribution in [3.05, 3.63) is 60.8 Å². The van der Waals surface area contributed by atoms with Crippen molar-refractivity contribution in [2.75, 3.05) is 0 Å². The maximum absolute atomic E-state index is 12.0. The zero-order valence-corrected chi connectivity index (χ0v) is 20.2. The molecule has 170 valence electrons. The van der Waals surface area contributed by atoms with Gasteiger partial charge < -0.3 is 4.74 Å². The molecule has 0 amide bonds. The Bertz CT molecular complexity index is 539. The number of allylic oxidation sites excluding steroid dienone is 10. The van der Waals surface area contributed by atoms with Crippen LogP contribution in [-0.2, 0) is 9.53 Å². The van der Waals surface area contributed by atoms with Gasteiger partial charge in [-0.1, -0.05) is 102 Å². The zero-order valence-electron chi connectivity index (χ0n) is 20.2. The molecule has 0 fully saturated rings. The monoisotopic (exact) mass is 414 g/mol. The molecule has 0 aromatic rings. The highest BCUT2D eigenvalue weighted by molar-refractivity contribution is 5.69. The molecular formula is C28H46O2. The zero-order chi connectivity index (χ0) is 22.5. The average Bonchev–Trinajstić information content (AvgIpc) is 2.70. The van der Waals surface area contributed by atoms with Crippen LogP contribution in [0.15, 0.2) is 60.8 Å². The third kappa shape index (κ3) is 18.2. The van der Waals surface area contributed by atoms with Gasteiger partial charge in [0.05, 0.1) is 0 Å². The first-order valence-corrected chi connectivity index (χ1v) is 11.9. The Morgan fingerprint density at radius 2 is 1.07 bits per heavy atom. The summed E-state index contributed by atoms with van der Waals surface area (Å²) in [5, 5.41) is 0. The maximum Gasteiger partial charge on any atom is 0.306 e. The summed E-state index contributed by atoms with van der Waals surface area (Å²) in [6.07, 6.45) is 30.8. The standard InChI is InChI=1S/C28H46O2/c1-6-7-8-9-10-11-12-13-14-15-16-17-18-19-20-21-22-23-24-27(29)30-28(25(2)3)26(4)5/h8-9,11-12,14-15,17-18,20-21,25-26,28H,6-7,10,13,16,19,22-24H2,1-5H3/b9-8-,12-11-,15-14-,18-17-,21-20+. The lowest BCUT2D eigenvalue weighted by atomic mass is 9.96. The fourth-order valence-electron chi connectivity index (χ4n) is 3.10. The third-order valence-corrected chi connectivity index (χ3v) is 4.71. The molecule has 0 aliphatic carbocycles. The van der Waals surface area contributed by atoms with Gasteiger partial charge in [0.2, 0.25) is 0 Å². The Balaban J connectivity index is 3.71. The van der Waals surface area contributed by atoms with E-state index in [9.17, 15) is 4.79 Å². The quantitative estimate of drug-likeness (QED) is 0.135. The fourth-order valence-corrected chi connectivity index (χ4v) is 3.10. The van der Waals surface area contributed by atoms with E-state index in [4.69, 9.17) is 4.74 Å². The molecule has 2 heteroatoms. The van der Waals surface area contributed by atoms with Crippen molar-refractivity contribution in [2.24, 2.45) is 11.8 Å². The van der Waals surface area contributed by atoms with Gasteiger partial charge in [-0.2, -0.15) is 0 Å². The van der Waals surface area contributed by atoms with E-state index >= 15 is 0 Å². The van der Waals surface area contributed by atoms with E-state index in [2.05, 4.69) is 95.4 Å². The minimum Gasteiger partial charge on any atom is -0.462 e. The predicted octanol–water partition coefficient (Wildman–Crippen LogP) is 8.52. The van der Waals surface area contributed by atoms with E-state index in [1.54, 1.807) is 0 Å². The van der Waals surface area contributed by atoms with Crippen molar-refractivity contribution in [2.45, 2.75) is 98.5 Å². The molecule has 0 atom stereocenters. The molecule has 0 aliphatic rings. The number of rotatable bonds is 17. The molecule has 0 spiro atoms. The molecule has 0 saturated heterocycles. The molecule has 0 saturated carbocycles. The Hall–Kier alpha value is -1.83. The van der Waals surface area contributed by atoms with Gasteiger partial charge >= 0.3 is 5.97 Å². The van der Waals surface area contributed by atoms with Gasteiger partial charge in [0.1, 0.15) is 6.10 Å². The van der Waals surface area contributed by atoms with Crippen LogP contribution in [0.2, 0.25) is 0 Å². The van der Waals surface area contributed by atoms with Crippen LogP contribution >= 0.6 is 0 Å². The molecule has 0 rings (SSSR count). The molecule has 0 aromatic heterocycles. The minimum atomic E-state index is -0.0646. The highest BCUT2D eigenvalue weighted by atomic mass is 16.5. The third-order valence-electron chi connectivity index (χ3n) is 4.71. The van der Waals surface area contributed by atoms with Gasteiger partial charge in [0.25, 0.3) is 0 Å². The molecule has 30 heavy (non-hydrogen) atoms. The van der Waals surface area contributed by atoms with Crippen LogP contribution < -0.4 is 0 Å². The number of carbonyl (C=O) groups is 1.